The third kappa shape index (κ3) is 3.29. The zero-order valence-corrected chi connectivity index (χ0v) is 11.9. The standard InChI is InChI=1S/C12H18N2O3S/c1-5-8(6-2)13-12-14-9(11(16)17-4)10(18-12)7(3)15/h8H,5-6H2,1-4H3,(H,13,14). The summed E-state index contributed by atoms with van der Waals surface area (Å²) < 4.78 is 4.62. The summed E-state index contributed by atoms with van der Waals surface area (Å²) in [5.74, 6) is -0.750. The Morgan fingerprint density at radius 2 is 2.00 bits per heavy atom. The Morgan fingerprint density at radius 3 is 2.44 bits per heavy atom. The molecule has 0 atom stereocenters. The highest BCUT2D eigenvalue weighted by Crippen LogP contribution is 2.25. The van der Waals surface area contributed by atoms with E-state index in [1.165, 1.54) is 25.4 Å². The van der Waals surface area contributed by atoms with Gasteiger partial charge in [-0.2, -0.15) is 0 Å². The van der Waals surface area contributed by atoms with Crippen LogP contribution in [0.2, 0.25) is 0 Å². The predicted molar refractivity (Wildman–Crippen MR) is 71.5 cm³/mol. The van der Waals surface area contributed by atoms with Crippen LogP contribution in [0.5, 0.6) is 0 Å². The summed E-state index contributed by atoms with van der Waals surface area (Å²) in [6, 6.07) is 0.293. The summed E-state index contributed by atoms with van der Waals surface area (Å²) >= 11 is 1.20. The van der Waals surface area contributed by atoms with Crippen LogP contribution in [0.4, 0.5) is 5.13 Å². The van der Waals surface area contributed by atoms with Crippen molar-refractivity contribution in [2.45, 2.75) is 39.7 Å². The van der Waals surface area contributed by atoms with Gasteiger partial charge in [-0.25, -0.2) is 9.78 Å². The minimum absolute atomic E-state index is 0.100. The molecular weight excluding hydrogens is 252 g/mol. The van der Waals surface area contributed by atoms with E-state index in [0.717, 1.165) is 12.8 Å². The molecule has 0 radical (unpaired) electrons. The number of carbonyl (C=O) groups excluding carboxylic acids is 2. The van der Waals surface area contributed by atoms with Crippen LogP contribution in [-0.2, 0) is 4.74 Å². The van der Waals surface area contributed by atoms with E-state index < -0.39 is 5.97 Å². The summed E-state index contributed by atoms with van der Waals surface area (Å²) in [7, 11) is 1.28. The number of hydrogen-bond donors (Lipinski definition) is 1. The second-order valence-electron chi connectivity index (χ2n) is 3.90. The van der Waals surface area contributed by atoms with E-state index in [4.69, 9.17) is 0 Å². The summed E-state index contributed by atoms with van der Waals surface area (Å²) in [4.78, 5) is 27.5. The number of aromatic nitrogens is 1. The molecule has 0 unspecified atom stereocenters. The Morgan fingerprint density at radius 1 is 1.39 bits per heavy atom. The van der Waals surface area contributed by atoms with E-state index in [1.807, 2.05) is 0 Å². The molecule has 0 fully saturated rings. The van der Waals surface area contributed by atoms with E-state index >= 15 is 0 Å². The highest BCUT2D eigenvalue weighted by molar-refractivity contribution is 7.17. The molecule has 0 amide bonds. The molecule has 18 heavy (non-hydrogen) atoms. The summed E-state index contributed by atoms with van der Waals surface area (Å²) in [6.07, 6.45) is 1.91. The van der Waals surface area contributed by atoms with Gasteiger partial charge >= 0.3 is 5.97 Å². The molecule has 0 aromatic carbocycles. The van der Waals surface area contributed by atoms with Crippen molar-refractivity contribution in [1.82, 2.24) is 4.98 Å². The number of esters is 1. The summed E-state index contributed by atoms with van der Waals surface area (Å²) in [5.41, 5.74) is 0.100. The van der Waals surface area contributed by atoms with E-state index in [1.54, 1.807) is 0 Å². The third-order valence-electron chi connectivity index (χ3n) is 2.64. The maximum atomic E-state index is 11.5. The Hall–Kier alpha value is -1.43. The number of thiazole rings is 1. The fraction of sp³-hybridized carbons (Fsp3) is 0.583. The molecule has 0 spiro atoms. The molecule has 1 aromatic heterocycles. The SMILES string of the molecule is CCC(CC)Nc1nc(C(=O)OC)c(C(C)=O)s1. The van der Waals surface area contributed by atoms with Gasteiger partial charge in [-0.1, -0.05) is 25.2 Å². The molecule has 0 aliphatic heterocycles. The van der Waals surface area contributed by atoms with Crippen molar-refractivity contribution in [1.29, 1.82) is 0 Å². The topological polar surface area (TPSA) is 68.3 Å². The van der Waals surface area contributed by atoms with Gasteiger partial charge in [0.1, 0.15) is 4.88 Å². The van der Waals surface area contributed by atoms with Gasteiger partial charge < -0.3 is 10.1 Å². The zero-order chi connectivity index (χ0) is 13.7. The third-order valence-corrected chi connectivity index (χ3v) is 3.73. The molecule has 0 aliphatic carbocycles. The number of ether oxygens (including phenoxy) is 1. The van der Waals surface area contributed by atoms with Gasteiger partial charge in [0.25, 0.3) is 0 Å². The van der Waals surface area contributed by atoms with Gasteiger partial charge in [-0.15, -0.1) is 0 Å². The first kappa shape index (κ1) is 14.6. The number of nitrogens with one attached hydrogen (secondary N) is 1. The van der Waals surface area contributed by atoms with Crippen LogP contribution in [-0.4, -0.2) is 29.9 Å². The molecule has 0 saturated heterocycles. The van der Waals surface area contributed by atoms with Gasteiger partial charge in [-0.05, 0) is 12.8 Å². The molecule has 0 bridgehead atoms. The molecule has 1 heterocycles. The second-order valence-corrected chi connectivity index (χ2v) is 4.90. The number of anilines is 1. The predicted octanol–water partition coefficient (Wildman–Crippen LogP) is 2.73. The number of carbonyl (C=O) groups is 2. The minimum atomic E-state index is -0.575. The lowest BCUT2D eigenvalue weighted by Crippen LogP contribution is -2.16. The highest BCUT2D eigenvalue weighted by Gasteiger charge is 2.22. The van der Waals surface area contributed by atoms with E-state index in [2.05, 4.69) is 28.9 Å². The van der Waals surface area contributed by atoms with Crippen molar-refractivity contribution in [3.05, 3.63) is 10.6 Å². The first-order chi connectivity index (χ1) is 8.53. The molecule has 5 nitrogen and oxygen atoms in total. The van der Waals surface area contributed by atoms with Crippen LogP contribution in [0.1, 0.15) is 53.8 Å². The average Bonchev–Trinajstić information content (AvgIpc) is 2.79. The van der Waals surface area contributed by atoms with Crippen LogP contribution in [0.3, 0.4) is 0 Å². The van der Waals surface area contributed by atoms with Gasteiger partial charge in [0.15, 0.2) is 16.6 Å². The van der Waals surface area contributed by atoms with Crippen molar-refractivity contribution in [3.63, 3.8) is 0 Å². The van der Waals surface area contributed by atoms with Crippen molar-refractivity contribution in [3.8, 4) is 0 Å². The number of ketones is 1. The van der Waals surface area contributed by atoms with E-state index in [9.17, 15) is 9.59 Å². The van der Waals surface area contributed by atoms with Crippen LogP contribution in [0.15, 0.2) is 0 Å². The maximum absolute atomic E-state index is 11.5. The van der Waals surface area contributed by atoms with E-state index in [0.29, 0.717) is 16.1 Å². The van der Waals surface area contributed by atoms with Crippen molar-refractivity contribution >= 4 is 28.2 Å². The molecule has 1 N–H and O–H groups in total. The van der Waals surface area contributed by atoms with Crippen LogP contribution in [0.25, 0.3) is 0 Å². The second kappa shape index (κ2) is 6.49. The number of methoxy groups -OCH3 is 1. The molecule has 0 saturated carbocycles. The maximum Gasteiger partial charge on any atom is 0.358 e. The Balaban J connectivity index is 3.02. The number of nitrogens with zero attached hydrogens (tertiary/aromatic N) is 1. The largest absolute Gasteiger partial charge is 0.464 e. The average molecular weight is 270 g/mol. The van der Waals surface area contributed by atoms with Gasteiger partial charge in [0, 0.05) is 13.0 Å². The lowest BCUT2D eigenvalue weighted by Gasteiger charge is -2.12. The van der Waals surface area contributed by atoms with Gasteiger partial charge in [0.05, 0.1) is 7.11 Å². The molecule has 6 heteroatoms. The van der Waals surface area contributed by atoms with Crippen molar-refractivity contribution in [2.24, 2.45) is 0 Å². The van der Waals surface area contributed by atoms with Crippen molar-refractivity contribution in [2.75, 3.05) is 12.4 Å². The quantitative estimate of drug-likeness (QED) is 0.636. The molecule has 0 aliphatic rings. The van der Waals surface area contributed by atoms with Gasteiger partial charge in [-0.3, -0.25) is 4.79 Å². The van der Waals surface area contributed by atoms with Crippen molar-refractivity contribution < 1.29 is 14.3 Å². The first-order valence-corrected chi connectivity index (χ1v) is 6.71. The molecule has 1 aromatic rings. The van der Waals surface area contributed by atoms with Gasteiger partial charge in [0.2, 0.25) is 0 Å². The van der Waals surface area contributed by atoms with Crippen LogP contribution < -0.4 is 5.32 Å². The minimum Gasteiger partial charge on any atom is -0.464 e. The lowest BCUT2D eigenvalue weighted by molar-refractivity contribution is 0.0591. The molecular formula is C12H18N2O3S. The number of rotatable bonds is 6. The first-order valence-electron chi connectivity index (χ1n) is 5.90. The number of Topliss-reactive ketones (excluding diaryl/α,β-unsaturated/α-hetero) is 1. The monoisotopic (exact) mass is 270 g/mol. The van der Waals surface area contributed by atoms with E-state index in [-0.39, 0.29) is 11.5 Å². The normalized spacial score (nSPS) is 10.5. The summed E-state index contributed by atoms with van der Waals surface area (Å²) in [5, 5.41) is 3.81. The highest BCUT2D eigenvalue weighted by atomic mass is 32.1. The summed E-state index contributed by atoms with van der Waals surface area (Å²) in [6.45, 7) is 5.56. The Kier molecular flexibility index (Phi) is 5.27. The lowest BCUT2D eigenvalue weighted by atomic mass is 10.2. The number of hydrogen-bond acceptors (Lipinski definition) is 6. The van der Waals surface area contributed by atoms with Crippen LogP contribution >= 0.6 is 11.3 Å². The smallest absolute Gasteiger partial charge is 0.358 e. The Bertz CT molecular complexity index is 439. The fourth-order valence-corrected chi connectivity index (χ4v) is 2.45. The van der Waals surface area contributed by atoms with Crippen LogP contribution in [0, 0.1) is 0 Å². The zero-order valence-electron chi connectivity index (χ0n) is 11.1. The molecule has 100 valence electrons. The Labute approximate surface area is 111 Å². The fourth-order valence-electron chi connectivity index (χ4n) is 1.52. The molecule has 1 rings (SSSR count).